The highest BCUT2D eigenvalue weighted by molar-refractivity contribution is 5.84. The molecule has 1 fully saturated rings. The van der Waals surface area contributed by atoms with E-state index in [0.717, 1.165) is 0 Å². The van der Waals surface area contributed by atoms with Crippen molar-refractivity contribution in [1.29, 1.82) is 0 Å². The highest BCUT2D eigenvalue weighted by Crippen LogP contribution is 2.50. The molecule has 0 aromatic carbocycles. The molecule has 1 saturated carbocycles. The Labute approximate surface area is 121 Å². The van der Waals surface area contributed by atoms with Gasteiger partial charge in [-0.05, 0) is 32.8 Å². The lowest BCUT2D eigenvalue weighted by atomic mass is 9.84. The van der Waals surface area contributed by atoms with E-state index in [9.17, 15) is 18.0 Å². The molecule has 1 heterocycles. The van der Waals surface area contributed by atoms with E-state index in [1.807, 2.05) is 0 Å². The first-order valence-electron chi connectivity index (χ1n) is 6.93. The van der Waals surface area contributed by atoms with Gasteiger partial charge in [0.25, 0.3) is 0 Å². The van der Waals surface area contributed by atoms with Crippen LogP contribution in [-0.4, -0.2) is 22.1 Å². The minimum absolute atomic E-state index is 0.141. The topological polar surface area (TPSA) is 54.9 Å². The Kier molecular flexibility index (Phi) is 4.20. The van der Waals surface area contributed by atoms with Crippen molar-refractivity contribution >= 4 is 5.91 Å². The van der Waals surface area contributed by atoms with E-state index in [1.165, 1.54) is 6.20 Å². The monoisotopic (exact) mass is 301 g/mol. The van der Waals surface area contributed by atoms with Crippen LogP contribution in [0, 0.1) is 12.3 Å². The molecule has 0 radical (unpaired) electrons. The van der Waals surface area contributed by atoms with Crippen LogP contribution in [0.15, 0.2) is 12.3 Å². The molecule has 4 nitrogen and oxygen atoms in total. The van der Waals surface area contributed by atoms with Gasteiger partial charge in [0, 0.05) is 6.20 Å². The summed E-state index contributed by atoms with van der Waals surface area (Å²) in [5.74, 6) is -0.434. The molecule has 116 valence electrons. The van der Waals surface area contributed by atoms with Gasteiger partial charge in [0.1, 0.15) is 11.2 Å². The van der Waals surface area contributed by atoms with Gasteiger partial charge < -0.3 is 5.32 Å². The minimum Gasteiger partial charge on any atom is -0.347 e. The molecule has 0 saturated heterocycles. The summed E-state index contributed by atoms with van der Waals surface area (Å²) in [6.07, 6.45) is -2.43. The minimum atomic E-state index is -4.52. The van der Waals surface area contributed by atoms with Gasteiger partial charge in [-0.15, -0.1) is 0 Å². The number of aromatic nitrogens is 2. The zero-order valence-electron chi connectivity index (χ0n) is 12.0. The SMILES string of the molecule is Cc1nccc(C(C)NC(=O)C2(C(F)(F)F)CCCC2)n1. The van der Waals surface area contributed by atoms with E-state index in [-0.39, 0.29) is 12.8 Å². The molecule has 0 aliphatic heterocycles. The Morgan fingerprint density at radius 1 is 1.38 bits per heavy atom. The van der Waals surface area contributed by atoms with Crippen molar-refractivity contribution in [3.8, 4) is 0 Å². The number of carbonyl (C=O) groups is 1. The summed E-state index contributed by atoms with van der Waals surface area (Å²) in [5, 5.41) is 2.46. The van der Waals surface area contributed by atoms with E-state index in [4.69, 9.17) is 0 Å². The zero-order chi connectivity index (χ0) is 15.7. The van der Waals surface area contributed by atoms with Crippen LogP contribution in [0.3, 0.4) is 0 Å². The number of nitrogens with one attached hydrogen (secondary N) is 1. The average Bonchev–Trinajstić information content (AvgIpc) is 2.88. The van der Waals surface area contributed by atoms with Gasteiger partial charge >= 0.3 is 6.18 Å². The van der Waals surface area contributed by atoms with Gasteiger partial charge in [0.05, 0.1) is 11.7 Å². The fourth-order valence-electron chi connectivity index (χ4n) is 2.74. The van der Waals surface area contributed by atoms with Crippen LogP contribution >= 0.6 is 0 Å². The number of hydrogen-bond donors (Lipinski definition) is 1. The lowest BCUT2D eigenvalue weighted by Crippen LogP contribution is -2.49. The van der Waals surface area contributed by atoms with Gasteiger partial charge in [-0.3, -0.25) is 4.79 Å². The van der Waals surface area contributed by atoms with Crippen LogP contribution in [0.4, 0.5) is 13.2 Å². The molecular formula is C14H18F3N3O. The summed E-state index contributed by atoms with van der Waals surface area (Å²) in [7, 11) is 0. The highest BCUT2D eigenvalue weighted by atomic mass is 19.4. The molecule has 1 unspecified atom stereocenters. The first kappa shape index (κ1) is 15.7. The molecule has 0 bridgehead atoms. The van der Waals surface area contributed by atoms with Crippen molar-refractivity contribution in [2.24, 2.45) is 5.41 Å². The molecule has 21 heavy (non-hydrogen) atoms. The number of rotatable bonds is 3. The third kappa shape index (κ3) is 3.01. The maximum atomic E-state index is 13.3. The van der Waals surface area contributed by atoms with E-state index >= 15 is 0 Å². The number of carbonyl (C=O) groups excluding carboxylic acids is 1. The molecule has 7 heteroatoms. The molecular weight excluding hydrogens is 283 g/mol. The largest absolute Gasteiger partial charge is 0.403 e. The summed E-state index contributed by atoms with van der Waals surface area (Å²) >= 11 is 0. The van der Waals surface area contributed by atoms with Gasteiger partial charge in [-0.1, -0.05) is 12.8 Å². The molecule has 1 atom stereocenters. The van der Waals surface area contributed by atoms with Crippen LogP contribution < -0.4 is 5.32 Å². The first-order chi connectivity index (χ1) is 9.76. The number of nitrogens with zero attached hydrogens (tertiary/aromatic N) is 2. The van der Waals surface area contributed by atoms with Crippen molar-refractivity contribution in [2.45, 2.75) is 51.7 Å². The van der Waals surface area contributed by atoms with Crippen molar-refractivity contribution < 1.29 is 18.0 Å². The van der Waals surface area contributed by atoms with E-state index in [2.05, 4.69) is 15.3 Å². The van der Waals surface area contributed by atoms with Crippen molar-refractivity contribution in [3.63, 3.8) is 0 Å². The van der Waals surface area contributed by atoms with Crippen LogP contribution in [0.1, 0.15) is 50.2 Å². The number of alkyl halides is 3. The highest BCUT2D eigenvalue weighted by Gasteiger charge is 2.61. The van der Waals surface area contributed by atoms with Gasteiger partial charge in [0.15, 0.2) is 0 Å². The lowest BCUT2D eigenvalue weighted by Gasteiger charge is -2.31. The summed E-state index contributed by atoms with van der Waals surface area (Å²) in [6, 6.07) is 1.01. The standard InChI is InChI=1S/C14H18F3N3O/c1-9(11-5-8-18-10(2)20-11)19-12(21)13(14(15,16)17)6-3-4-7-13/h5,8-9H,3-4,6-7H2,1-2H3,(H,19,21). The predicted octanol–water partition coefficient (Wildman–Crippen LogP) is 3.08. The van der Waals surface area contributed by atoms with Crippen LogP contribution in [0.5, 0.6) is 0 Å². The fourth-order valence-corrected chi connectivity index (χ4v) is 2.74. The normalized spacial score (nSPS) is 19.3. The van der Waals surface area contributed by atoms with Crippen molar-refractivity contribution in [2.75, 3.05) is 0 Å². The summed E-state index contributed by atoms with van der Waals surface area (Å²) in [6.45, 7) is 3.31. The molecule has 1 amide bonds. The number of aryl methyl sites for hydroxylation is 1. The second-order valence-corrected chi connectivity index (χ2v) is 5.51. The quantitative estimate of drug-likeness (QED) is 0.933. The number of hydrogen-bond acceptors (Lipinski definition) is 3. The molecule has 1 aromatic rings. The van der Waals surface area contributed by atoms with E-state index in [0.29, 0.717) is 24.4 Å². The number of amides is 1. The van der Waals surface area contributed by atoms with E-state index in [1.54, 1.807) is 19.9 Å². The molecule has 1 aromatic heterocycles. The van der Waals surface area contributed by atoms with Gasteiger partial charge in [0.2, 0.25) is 5.91 Å². The van der Waals surface area contributed by atoms with Crippen LogP contribution in [0.25, 0.3) is 0 Å². The second kappa shape index (κ2) is 5.61. The molecule has 1 aliphatic rings. The Balaban J connectivity index is 2.16. The third-order valence-corrected chi connectivity index (χ3v) is 4.02. The van der Waals surface area contributed by atoms with Gasteiger partial charge in [-0.25, -0.2) is 9.97 Å². The molecule has 0 spiro atoms. The number of halogens is 3. The van der Waals surface area contributed by atoms with Gasteiger partial charge in [-0.2, -0.15) is 13.2 Å². The Hall–Kier alpha value is -1.66. The van der Waals surface area contributed by atoms with Crippen molar-refractivity contribution in [3.05, 3.63) is 23.8 Å². The van der Waals surface area contributed by atoms with Crippen molar-refractivity contribution in [1.82, 2.24) is 15.3 Å². The Morgan fingerprint density at radius 2 is 2.00 bits per heavy atom. The molecule has 1 aliphatic carbocycles. The maximum Gasteiger partial charge on any atom is 0.403 e. The summed E-state index contributed by atoms with van der Waals surface area (Å²) in [5.41, 5.74) is -1.74. The second-order valence-electron chi connectivity index (χ2n) is 5.51. The molecule has 1 N–H and O–H groups in total. The predicted molar refractivity (Wildman–Crippen MR) is 70.3 cm³/mol. The first-order valence-corrected chi connectivity index (χ1v) is 6.93. The smallest absolute Gasteiger partial charge is 0.347 e. The fraction of sp³-hybridized carbons (Fsp3) is 0.643. The zero-order valence-corrected chi connectivity index (χ0v) is 12.0. The summed E-state index contributed by atoms with van der Waals surface area (Å²) < 4.78 is 39.9. The third-order valence-electron chi connectivity index (χ3n) is 4.02. The maximum absolute atomic E-state index is 13.3. The Bertz CT molecular complexity index is 524. The summed E-state index contributed by atoms with van der Waals surface area (Å²) in [4.78, 5) is 20.3. The van der Waals surface area contributed by atoms with Crippen LogP contribution in [0.2, 0.25) is 0 Å². The average molecular weight is 301 g/mol. The lowest BCUT2D eigenvalue weighted by molar-refractivity contribution is -0.220. The van der Waals surface area contributed by atoms with E-state index < -0.39 is 23.5 Å². The van der Waals surface area contributed by atoms with Crippen LogP contribution in [-0.2, 0) is 4.79 Å². The molecule has 2 rings (SSSR count). The Morgan fingerprint density at radius 3 is 2.52 bits per heavy atom.